The van der Waals surface area contributed by atoms with E-state index in [1.54, 1.807) is 31.2 Å². The van der Waals surface area contributed by atoms with Gasteiger partial charge in [0.1, 0.15) is 11.8 Å². The standard InChI is InChI=1S/C18H15ClN4O3/c1-11(8-17(25)21-15-5-3-2-4-12(15)10-20)22-23-18(26)14-9-13(19)6-7-16(14)24/h2-7,9,24H,8H2,1H3,(H,21,25)(H,23,26). The third-order valence-corrected chi connectivity index (χ3v) is 3.52. The summed E-state index contributed by atoms with van der Waals surface area (Å²) in [6, 6.07) is 12.7. The maximum Gasteiger partial charge on any atom is 0.275 e. The Morgan fingerprint density at radius 2 is 2.00 bits per heavy atom. The van der Waals surface area contributed by atoms with Crippen molar-refractivity contribution in [3.8, 4) is 11.8 Å². The van der Waals surface area contributed by atoms with Crippen LogP contribution in [0.4, 0.5) is 5.69 Å². The predicted octanol–water partition coefficient (Wildman–Crippen LogP) is 3.05. The van der Waals surface area contributed by atoms with Gasteiger partial charge in [-0.05, 0) is 37.3 Å². The van der Waals surface area contributed by atoms with E-state index >= 15 is 0 Å². The molecule has 0 aromatic heterocycles. The van der Waals surface area contributed by atoms with E-state index in [4.69, 9.17) is 16.9 Å². The number of anilines is 1. The molecule has 7 nitrogen and oxygen atoms in total. The van der Waals surface area contributed by atoms with Crippen LogP contribution in [0.5, 0.6) is 5.75 Å². The molecule has 132 valence electrons. The van der Waals surface area contributed by atoms with Gasteiger partial charge in [0.15, 0.2) is 0 Å². The van der Waals surface area contributed by atoms with Crippen LogP contribution in [0.2, 0.25) is 5.02 Å². The Balaban J connectivity index is 1.97. The first-order valence-corrected chi connectivity index (χ1v) is 7.89. The van der Waals surface area contributed by atoms with E-state index in [2.05, 4.69) is 15.8 Å². The number of phenols is 1. The molecule has 2 aromatic rings. The molecule has 0 unspecified atom stereocenters. The van der Waals surface area contributed by atoms with Crippen molar-refractivity contribution in [2.45, 2.75) is 13.3 Å². The second-order valence-corrected chi connectivity index (χ2v) is 5.77. The van der Waals surface area contributed by atoms with Crippen molar-refractivity contribution >= 4 is 34.8 Å². The van der Waals surface area contributed by atoms with Gasteiger partial charge in [-0.2, -0.15) is 10.4 Å². The minimum absolute atomic E-state index is 0.0264. The maximum absolute atomic E-state index is 12.0. The highest BCUT2D eigenvalue weighted by Gasteiger charge is 2.12. The number of carbonyl (C=O) groups is 2. The van der Waals surface area contributed by atoms with Crippen LogP contribution in [-0.2, 0) is 4.79 Å². The second kappa shape index (κ2) is 8.65. The van der Waals surface area contributed by atoms with Gasteiger partial charge in [-0.15, -0.1) is 0 Å². The molecule has 2 amide bonds. The molecule has 0 bridgehead atoms. The number of phenolic OH excluding ortho intramolecular Hbond substituents is 1. The topological polar surface area (TPSA) is 115 Å². The van der Waals surface area contributed by atoms with Gasteiger partial charge in [0.2, 0.25) is 5.91 Å². The van der Waals surface area contributed by atoms with Crippen molar-refractivity contribution < 1.29 is 14.7 Å². The molecular weight excluding hydrogens is 356 g/mol. The molecule has 2 aromatic carbocycles. The number of carbonyl (C=O) groups excluding carboxylic acids is 2. The number of nitrogens with one attached hydrogen (secondary N) is 2. The summed E-state index contributed by atoms with van der Waals surface area (Å²) in [5.41, 5.74) is 3.32. The number of nitriles is 1. The highest BCUT2D eigenvalue weighted by molar-refractivity contribution is 6.31. The molecule has 0 spiro atoms. The van der Waals surface area contributed by atoms with Crippen molar-refractivity contribution in [2.24, 2.45) is 5.10 Å². The first-order chi connectivity index (χ1) is 12.4. The molecule has 2 rings (SSSR count). The normalized spacial score (nSPS) is 10.7. The van der Waals surface area contributed by atoms with Gasteiger partial charge in [0.05, 0.1) is 23.2 Å². The van der Waals surface area contributed by atoms with Gasteiger partial charge in [-0.3, -0.25) is 9.59 Å². The average molecular weight is 371 g/mol. The van der Waals surface area contributed by atoms with Crippen LogP contribution in [0.25, 0.3) is 0 Å². The Bertz CT molecular complexity index is 919. The fourth-order valence-electron chi connectivity index (χ4n) is 2.05. The van der Waals surface area contributed by atoms with Crippen LogP contribution >= 0.6 is 11.6 Å². The van der Waals surface area contributed by atoms with Crippen LogP contribution < -0.4 is 10.7 Å². The summed E-state index contributed by atoms with van der Waals surface area (Å²) in [6.07, 6.45) is -0.0818. The number of amides is 2. The van der Waals surface area contributed by atoms with Crippen LogP contribution in [0, 0.1) is 11.3 Å². The van der Waals surface area contributed by atoms with Crippen LogP contribution in [0.1, 0.15) is 29.3 Å². The predicted molar refractivity (Wildman–Crippen MR) is 98.1 cm³/mol. The molecule has 0 fully saturated rings. The summed E-state index contributed by atoms with van der Waals surface area (Å²) >= 11 is 5.79. The molecular formula is C18H15ClN4O3. The molecule has 0 radical (unpaired) electrons. The Morgan fingerprint density at radius 1 is 1.27 bits per heavy atom. The van der Waals surface area contributed by atoms with Crippen molar-refractivity contribution in [3.63, 3.8) is 0 Å². The van der Waals surface area contributed by atoms with E-state index in [-0.39, 0.29) is 23.6 Å². The van der Waals surface area contributed by atoms with Crippen LogP contribution in [-0.4, -0.2) is 22.6 Å². The van der Waals surface area contributed by atoms with Gasteiger partial charge in [0, 0.05) is 10.7 Å². The number of para-hydroxylation sites is 1. The molecule has 0 saturated heterocycles. The van der Waals surface area contributed by atoms with E-state index < -0.39 is 5.91 Å². The Morgan fingerprint density at radius 3 is 2.73 bits per heavy atom. The van der Waals surface area contributed by atoms with Gasteiger partial charge in [-0.25, -0.2) is 5.43 Å². The van der Waals surface area contributed by atoms with Crippen molar-refractivity contribution in [1.29, 1.82) is 5.26 Å². The smallest absolute Gasteiger partial charge is 0.275 e. The zero-order valence-corrected chi connectivity index (χ0v) is 14.5. The number of aromatic hydroxyl groups is 1. The fraction of sp³-hybridized carbons (Fsp3) is 0.111. The lowest BCUT2D eigenvalue weighted by Gasteiger charge is -2.07. The third kappa shape index (κ3) is 5.06. The lowest BCUT2D eigenvalue weighted by molar-refractivity contribution is -0.115. The first kappa shape index (κ1) is 19.0. The minimum Gasteiger partial charge on any atom is -0.507 e. The largest absolute Gasteiger partial charge is 0.507 e. The molecule has 0 aliphatic carbocycles. The van der Waals surface area contributed by atoms with E-state index in [0.717, 1.165) is 0 Å². The number of rotatable bonds is 5. The summed E-state index contributed by atoms with van der Waals surface area (Å²) in [4.78, 5) is 24.0. The minimum atomic E-state index is -0.653. The van der Waals surface area contributed by atoms with E-state index in [0.29, 0.717) is 22.0 Å². The van der Waals surface area contributed by atoms with Gasteiger partial charge in [0.25, 0.3) is 5.91 Å². The Labute approximate surface area is 154 Å². The van der Waals surface area contributed by atoms with Gasteiger partial charge < -0.3 is 10.4 Å². The summed E-state index contributed by atoms with van der Waals surface area (Å²) in [5, 5.41) is 25.4. The monoisotopic (exact) mass is 370 g/mol. The van der Waals surface area contributed by atoms with Gasteiger partial charge in [-0.1, -0.05) is 23.7 Å². The third-order valence-electron chi connectivity index (χ3n) is 3.29. The lowest BCUT2D eigenvalue weighted by atomic mass is 10.2. The first-order valence-electron chi connectivity index (χ1n) is 7.51. The molecule has 8 heteroatoms. The second-order valence-electron chi connectivity index (χ2n) is 5.33. The van der Waals surface area contributed by atoms with E-state index in [1.165, 1.54) is 18.2 Å². The molecule has 0 atom stereocenters. The molecule has 0 heterocycles. The van der Waals surface area contributed by atoms with Gasteiger partial charge >= 0.3 is 0 Å². The molecule has 0 aliphatic heterocycles. The van der Waals surface area contributed by atoms with Crippen LogP contribution in [0.15, 0.2) is 47.6 Å². The van der Waals surface area contributed by atoms with Crippen molar-refractivity contribution in [1.82, 2.24) is 5.43 Å². The number of hydrogen-bond acceptors (Lipinski definition) is 5. The Kier molecular flexibility index (Phi) is 6.31. The number of hydrogen-bond donors (Lipinski definition) is 3. The summed E-state index contributed by atoms with van der Waals surface area (Å²) < 4.78 is 0. The summed E-state index contributed by atoms with van der Waals surface area (Å²) in [7, 11) is 0. The highest BCUT2D eigenvalue weighted by atomic mass is 35.5. The van der Waals surface area contributed by atoms with E-state index in [9.17, 15) is 14.7 Å². The molecule has 3 N–H and O–H groups in total. The average Bonchev–Trinajstić information content (AvgIpc) is 2.62. The summed E-state index contributed by atoms with van der Waals surface area (Å²) in [5.74, 6) is -1.26. The maximum atomic E-state index is 12.0. The number of nitrogens with zero attached hydrogens (tertiary/aromatic N) is 2. The molecule has 0 saturated carbocycles. The quantitative estimate of drug-likeness (QED) is 0.554. The number of benzene rings is 2. The molecule has 26 heavy (non-hydrogen) atoms. The molecule has 0 aliphatic rings. The highest BCUT2D eigenvalue weighted by Crippen LogP contribution is 2.21. The number of hydrazone groups is 1. The van der Waals surface area contributed by atoms with Crippen molar-refractivity contribution in [3.05, 3.63) is 58.6 Å². The SMILES string of the molecule is CC(CC(=O)Nc1ccccc1C#N)=NNC(=O)c1cc(Cl)ccc1O. The zero-order chi connectivity index (χ0) is 19.1. The lowest BCUT2D eigenvalue weighted by Crippen LogP contribution is -2.21. The summed E-state index contributed by atoms with van der Waals surface area (Å²) in [6.45, 7) is 1.56. The number of halogens is 1. The zero-order valence-electron chi connectivity index (χ0n) is 13.8. The Hall–Kier alpha value is -3.37. The van der Waals surface area contributed by atoms with E-state index in [1.807, 2.05) is 6.07 Å². The van der Waals surface area contributed by atoms with Crippen LogP contribution in [0.3, 0.4) is 0 Å². The fourth-order valence-corrected chi connectivity index (χ4v) is 2.22. The van der Waals surface area contributed by atoms with Crippen molar-refractivity contribution in [2.75, 3.05) is 5.32 Å².